The van der Waals surface area contributed by atoms with Crippen LogP contribution in [0.1, 0.15) is 5.56 Å². The van der Waals surface area contributed by atoms with Crippen molar-refractivity contribution in [3.63, 3.8) is 0 Å². The highest BCUT2D eigenvalue weighted by Gasteiger charge is 2.15. The van der Waals surface area contributed by atoms with Crippen LogP contribution in [0, 0.1) is 6.92 Å². The lowest BCUT2D eigenvalue weighted by molar-refractivity contribution is 0.600. The molecule has 0 amide bonds. The Morgan fingerprint density at radius 1 is 1.17 bits per heavy atom. The molecule has 1 aromatic heterocycles. The lowest BCUT2D eigenvalue weighted by atomic mass is 10.2. The number of anilines is 2. The number of hydrogen-bond acceptors (Lipinski definition) is 4. The molecule has 0 atom stereocenters. The largest absolute Gasteiger partial charge is 0.369 e. The molecule has 23 heavy (non-hydrogen) atoms. The van der Waals surface area contributed by atoms with Crippen LogP contribution in [-0.2, 0) is 10.0 Å². The zero-order valence-electron chi connectivity index (χ0n) is 13.2. The van der Waals surface area contributed by atoms with Gasteiger partial charge in [-0.3, -0.25) is 8.87 Å². The summed E-state index contributed by atoms with van der Waals surface area (Å²) in [6.45, 7) is 2.01. The zero-order valence-corrected chi connectivity index (χ0v) is 14.0. The van der Waals surface area contributed by atoms with Crippen molar-refractivity contribution in [2.24, 2.45) is 0 Å². The molecule has 0 spiro atoms. The summed E-state index contributed by atoms with van der Waals surface area (Å²) in [5, 5.41) is 0. The van der Waals surface area contributed by atoms with Crippen molar-refractivity contribution in [3.8, 4) is 5.69 Å². The Balaban J connectivity index is 2.18. The Labute approximate surface area is 135 Å². The summed E-state index contributed by atoms with van der Waals surface area (Å²) in [5.41, 5.74) is 10.1. The number of aryl methyl sites for hydroxylation is 1. The summed E-state index contributed by atoms with van der Waals surface area (Å²) in [7, 11) is -1.81. The van der Waals surface area contributed by atoms with Crippen molar-refractivity contribution >= 4 is 32.7 Å². The quantitative estimate of drug-likeness (QED) is 0.799. The molecule has 0 radical (unpaired) electrons. The molecule has 0 saturated heterocycles. The van der Waals surface area contributed by atoms with Crippen molar-refractivity contribution in [1.82, 2.24) is 9.55 Å². The number of benzene rings is 2. The van der Waals surface area contributed by atoms with Crippen LogP contribution in [0.3, 0.4) is 0 Å². The van der Waals surface area contributed by atoms with Crippen LogP contribution >= 0.6 is 0 Å². The number of rotatable bonds is 3. The summed E-state index contributed by atoms with van der Waals surface area (Å²) in [6.07, 6.45) is 1.16. The average Bonchev–Trinajstić information content (AvgIpc) is 2.80. The van der Waals surface area contributed by atoms with Gasteiger partial charge in [0.25, 0.3) is 0 Å². The fourth-order valence-electron chi connectivity index (χ4n) is 2.51. The van der Waals surface area contributed by atoms with Crippen LogP contribution < -0.4 is 10.0 Å². The fraction of sp³-hybridized carbons (Fsp3) is 0.188. The van der Waals surface area contributed by atoms with E-state index in [-0.39, 0.29) is 0 Å². The normalized spacial score (nSPS) is 11.8. The van der Waals surface area contributed by atoms with Gasteiger partial charge in [-0.05, 0) is 42.8 Å². The van der Waals surface area contributed by atoms with Crippen LogP contribution in [0.25, 0.3) is 16.7 Å². The molecule has 6 nitrogen and oxygen atoms in total. The number of imidazole rings is 1. The molecule has 3 aromatic rings. The van der Waals surface area contributed by atoms with Crippen molar-refractivity contribution in [3.05, 3.63) is 48.0 Å². The molecule has 0 aliphatic rings. The van der Waals surface area contributed by atoms with Gasteiger partial charge in [-0.2, -0.15) is 0 Å². The molecule has 2 N–H and O–H groups in total. The maximum atomic E-state index is 11.7. The highest BCUT2D eigenvalue weighted by atomic mass is 32.2. The maximum absolute atomic E-state index is 11.7. The number of nitrogens with two attached hydrogens (primary N) is 1. The Morgan fingerprint density at radius 2 is 1.91 bits per heavy atom. The van der Waals surface area contributed by atoms with E-state index in [2.05, 4.69) is 4.98 Å². The Hall–Kier alpha value is -2.54. The van der Waals surface area contributed by atoms with Crippen LogP contribution in [-0.4, -0.2) is 31.3 Å². The molecular formula is C16H18N4O2S. The predicted octanol–water partition coefficient (Wildman–Crippen LogP) is 2.31. The van der Waals surface area contributed by atoms with Gasteiger partial charge < -0.3 is 5.73 Å². The van der Waals surface area contributed by atoms with Gasteiger partial charge in [-0.25, -0.2) is 13.4 Å². The average molecular weight is 330 g/mol. The third-order valence-electron chi connectivity index (χ3n) is 3.78. The minimum Gasteiger partial charge on any atom is -0.369 e. The Bertz CT molecular complexity index is 992. The summed E-state index contributed by atoms with van der Waals surface area (Å²) in [5.74, 6) is 0.366. The van der Waals surface area contributed by atoms with E-state index in [1.54, 1.807) is 12.1 Å². The minimum absolute atomic E-state index is 0.366. The van der Waals surface area contributed by atoms with Crippen molar-refractivity contribution in [1.29, 1.82) is 0 Å². The molecule has 0 aliphatic carbocycles. The smallest absolute Gasteiger partial charge is 0.231 e. The van der Waals surface area contributed by atoms with E-state index < -0.39 is 10.0 Å². The molecule has 0 bridgehead atoms. The highest BCUT2D eigenvalue weighted by Crippen LogP contribution is 2.27. The summed E-state index contributed by atoms with van der Waals surface area (Å²) < 4.78 is 26.4. The van der Waals surface area contributed by atoms with Gasteiger partial charge in [0, 0.05) is 12.7 Å². The first-order valence-electron chi connectivity index (χ1n) is 7.06. The van der Waals surface area contributed by atoms with E-state index in [1.165, 1.54) is 11.4 Å². The second-order valence-corrected chi connectivity index (χ2v) is 7.56. The monoisotopic (exact) mass is 330 g/mol. The van der Waals surface area contributed by atoms with Crippen molar-refractivity contribution in [2.75, 3.05) is 23.3 Å². The minimum atomic E-state index is -3.32. The first kappa shape index (κ1) is 15.4. The molecule has 0 unspecified atom stereocenters. The second-order valence-electron chi connectivity index (χ2n) is 5.55. The number of fused-ring (bicyclic) bond motifs is 1. The number of hydrogen-bond donors (Lipinski definition) is 1. The third-order valence-corrected chi connectivity index (χ3v) is 4.99. The van der Waals surface area contributed by atoms with E-state index in [4.69, 9.17) is 5.73 Å². The molecule has 0 fully saturated rings. The molecule has 120 valence electrons. The second kappa shape index (κ2) is 5.27. The first-order chi connectivity index (χ1) is 10.8. The van der Waals surface area contributed by atoms with Gasteiger partial charge in [0.2, 0.25) is 16.0 Å². The lowest BCUT2D eigenvalue weighted by Gasteiger charge is -2.16. The van der Waals surface area contributed by atoms with Gasteiger partial charge >= 0.3 is 0 Å². The first-order valence-corrected chi connectivity index (χ1v) is 8.91. The predicted molar refractivity (Wildman–Crippen MR) is 93.5 cm³/mol. The Morgan fingerprint density at radius 3 is 2.57 bits per heavy atom. The maximum Gasteiger partial charge on any atom is 0.231 e. The van der Waals surface area contributed by atoms with Crippen molar-refractivity contribution in [2.45, 2.75) is 6.92 Å². The van der Waals surface area contributed by atoms with E-state index >= 15 is 0 Å². The standard InChI is InChI=1S/C16H18N4O2S/c1-11-5-4-6-13(9-11)20-15-8-7-12(19(2)23(3,21)22)10-14(15)18-16(20)17/h4-10H,1-3H3,(H2,17,18). The van der Waals surface area contributed by atoms with E-state index in [1.807, 2.05) is 41.8 Å². The molecule has 0 aliphatic heterocycles. The van der Waals surface area contributed by atoms with Crippen LogP contribution in [0.2, 0.25) is 0 Å². The van der Waals surface area contributed by atoms with Crippen LogP contribution in [0.15, 0.2) is 42.5 Å². The topological polar surface area (TPSA) is 81.2 Å². The molecule has 1 heterocycles. The molecule has 0 saturated carbocycles. The number of nitrogens with zero attached hydrogens (tertiary/aromatic N) is 3. The molecule has 3 rings (SSSR count). The zero-order chi connectivity index (χ0) is 16.8. The van der Waals surface area contributed by atoms with Crippen LogP contribution in [0.5, 0.6) is 0 Å². The Kier molecular flexibility index (Phi) is 3.52. The van der Waals surface area contributed by atoms with Gasteiger partial charge in [-0.15, -0.1) is 0 Å². The van der Waals surface area contributed by atoms with Crippen molar-refractivity contribution < 1.29 is 8.42 Å². The van der Waals surface area contributed by atoms with E-state index in [0.717, 1.165) is 23.0 Å². The van der Waals surface area contributed by atoms with Gasteiger partial charge in [0.05, 0.1) is 23.0 Å². The highest BCUT2D eigenvalue weighted by molar-refractivity contribution is 7.92. The molecule has 7 heteroatoms. The number of aromatic nitrogens is 2. The van der Waals surface area contributed by atoms with E-state index in [9.17, 15) is 8.42 Å². The van der Waals surface area contributed by atoms with E-state index in [0.29, 0.717) is 17.2 Å². The third kappa shape index (κ3) is 2.75. The molecular weight excluding hydrogens is 312 g/mol. The SMILES string of the molecule is Cc1cccc(-n2c(N)nc3cc(N(C)S(C)(=O)=O)ccc32)c1. The molecule has 2 aromatic carbocycles. The summed E-state index contributed by atoms with van der Waals surface area (Å²) in [4.78, 5) is 4.36. The van der Waals surface area contributed by atoms with Crippen LogP contribution in [0.4, 0.5) is 11.6 Å². The number of sulfonamides is 1. The van der Waals surface area contributed by atoms with Gasteiger partial charge in [-0.1, -0.05) is 12.1 Å². The fourth-order valence-corrected chi connectivity index (χ4v) is 3.01. The van der Waals surface area contributed by atoms with Gasteiger partial charge in [0.15, 0.2) is 0 Å². The number of nitrogen functional groups attached to an aromatic ring is 1. The lowest BCUT2D eigenvalue weighted by Crippen LogP contribution is -2.24. The summed E-state index contributed by atoms with van der Waals surface area (Å²) in [6, 6.07) is 13.3. The summed E-state index contributed by atoms with van der Waals surface area (Å²) >= 11 is 0. The van der Waals surface area contributed by atoms with Gasteiger partial charge in [0.1, 0.15) is 0 Å².